The molecule has 1 N–H and O–H groups in total. The van der Waals surface area contributed by atoms with Gasteiger partial charge in [-0.3, -0.25) is 14.1 Å². The summed E-state index contributed by atoms with van der Waals surface area (Å²) in [6.45, 7) is 2.30. The van der Waals surface area contributed by atoms with Crippen molar-refractivity contribution in [3.05, 3.63) is 82.4 Å². The van der Waals surface area contributed by atoms with Gasteiger partial charge < -0.3 is 5.11 Å². The maximum absolute atomic E-state index is 12.3. The van der Waals surface area contributed by atoms with Crippen molar-refractivity contribution in [1.29, 1.82) is 0 Å². The predicted molar refractivity (Wildman–Crippen MR) is 101 cm³/mol. The molecule has 1 saturated heterocycles. The van der Waals surface area contributed by atoms with Gasteiger partial charge >= 0.3 is 0 Å². The summed E-state index contributed by atoms with van der Waals surface area (Å²) < 4.78 is 1.56. The van der Waals surface area contributed by atoms with E-state index in [1.54, 1.807) is 16.7 Å². The maximum Gasteiger partial charge on any atom is 0.258 e. The Kier molecular flexibility index (Phi) is 4.57. The Morgan fingerprint density at radius 2 is 1.85 bits per heavy atom. The highest BCUT2D eigenvalue weighted by Gasteiger charge is 2.31. The second kappa shape index (κ2) is 7.02. The zero-order valence-electron chi connectivity index (χ0n) is 14.7. The first-order valence-corrected chi connectivity index (χ1v) is 9.12. The number of aliphatic hydroxyl groups is 1. The minimum absolute atomic E-state index is 0.0544. The number of likely N-dealkylation sites (tertiary alicyclic amines) is 1. The van der Waals surface area contributed by atoms with Crippen LogP contribution < -0.4 is 5.56 Å². The fourth-order valence-corrected chi connectivity index (χ4v) is 3.78. The van der Waals surface area contributed by atoms with Gasteiger partial charge in [0.2, 0.25) is 0 Å². The molecule has 0 bridgehead atoms. The quantitative estimate of drug-likeness (QED) is 0.790. The van der Waals surface area contributed by atoms with Crippen LogP contribution in [0.1, 0.15) is 30.5 Å². The first kappa shape index (κ1) is 16.9. The second-order valence-corrected chi connectivity index (χ2v) is 7.04. The van der Waals surface area contributed by atoms with Crippen LogP contribution in [0.5, 0.6) is 0 Å². The van der Waals surface area contributed by atoms with Gasteiger partial charge in [-0.05, 0) is 43.5 Å². The number of hydrogen-bond acceptors (Lipinski definition) is 4. The summed E-state index contributed by atoms with van der Waals surface area (Å²) in [6, 6.07) is 17.1. The molecule has 1 atom stereocenters. The van der Waals surface area contributed by atoms with Crippen molar-refractivity contribution in [2.24, 2.45) is 0 Å². The fourth-order valence-electron chi connectivity index (χ4n) is 3.78. The fraction of sp³-hybridized carbons (Fsp3) is 0.333. The van der Waals surface area contributed by atoms with Crippen molar-refractivity contribution in [1.82, 2.24) is 14.3 Å². The topological polar surface area (TPSA) is 57.8 Å². The number of hydrogen-bond donors (Lipinski definition) is 1. The Morgan fingerprint density at radius 1 is 1.04 bits per heavy atom. The van der Waals surface area contributed by atoms with Crippen LogP contribution >= 0.6 is 0 Å². The van der Waals surface area contributed by atoms with Gasteiger partial charge in [-0.25, -0.2) is 4.98 Å². The Morgan fingerprint density at radius 3 is 2.69 bits per heavy atom. The van der Waals surface area contributed by atoms with E-state index in [4.69, 9.17) is 0 Å². The normalized spacial score (nSPS) is 21.6. The molecular formula is C21H23N3O2. The highest BCUT2D eigenvalue weighted by molar-refractivity contribution is 5.38. The third kappa shape index (κ3) is 3.41. The predicted octanol–water partition coefficient (Wildman–Crippen LogP) is 2.57. The van der Waals surface area contributed by atoms with E-state index in [2.05, 4.69) is 9.88 Å². The first-order valence-electron chi connectivity index (χ1n) is 9.12. The SMILES string of the molecule is O=c1cc(CN2CCCC(O)(c3ccccc3)CC2)nc2ccccn12. The molecule has 1 aliphatic rings. The standard InChI is InChI=1S/C21H23N3O2/c25-20-15-18(22-19-9-4-5-13-24(19)20)16-23-12-6-10-21(26,11-14-23)17-7-2-1-3-8-17/h1-5,7-9,13,15,26H,6,10-12,14,16H2. The van der Waals surface area contributed by atoms with Crippen LogP contribution in [0.3, 0.4) is 0 Å². The van der Waals surface area contributed by atoms with Gasteiger partial charge in [0.1, 0.15) is 5.65 Å². The minimum atomic E-state index is -0.771. The molecule has 2 aromatic heterocycles. The van der Waals surface area contributed by atoms with Gasteiger partial charge in [-0.15, -0.1) is 0 Å². The number of aromatic nitrogens is 2. The van der Waals surface area contributed by atoms with Crippen molar-refractivity contribution >= 4 is 5.65 Å². The van der Waals surface area contributed by atoms with E-state index >= 15 is 0 Å². The third-order valence-corrected chi connectivity index (χ3v) is 5.23. The molecule has 5 heteroatoms. The lowest BCUT2D eigenvalue weighted by atomic mass is 9.87. The Hall–Kier alpha value is -2.50. The number of benzene rings is 1. The van der Waals surface area contributed by atoms with Gasteiger partial charge in [0.25, 0.3) is 5.56 Å². The maximum atomic E-state index is 12.3. The minimum Gasteiger partial charge on any atom is -0.385 e. The smallest absolute Gasteiger partial charge is 0.258 e. The molecule has 1 fully saturated rings. The van der Waals surface area contributed by atoms with Crippen molar-refractivity contribution in [2.75, 3.05) is 13.1 Å². The van der Waals surface area contributed by atoms with Crippen LogP contribution in [0.4, 0.5) is 0 Å². The Labute approximate surface area is 152 Å². The van der Waals surface area contributed by atoms with Gasteiger partial charge in [-0.1, -0.05) is 36.4 Å². The van der Waals surface area contributed by atoms with Crippen LogP contribution in [0.25, 0.3) is 5.65 Å². The monoisotopic (exact) mass is 349 g/mol. The van der Waals surface area contributed by atoms with E-state index in [0.29, 0.717) is 18.6 Å². The molecule has 0 saturated carbocycles. The number of nitrogens with zero attached hydrogens (tertiary/aromatic N) is 3. The lowest BCUT2D eigenvalue weighted by molar-refractivity contribution is 0.0210. The molecule has 4 rings (SSSR count). The van der Waals surface area contributed by atoms with Crippen LogP contribution in [-0.4, -0.2) is 32.5 Å². The van der Waals surface area contributed by atoms with Gasteiger partial charge in [-0.2, -0.15) is 0 Å². The highest BCUT2D eigenvalue weighted by Crippen LogP contribution is 2.32. The van der Waals surface area contributed by atoms with E-state index in [9.17, 15) is 9.90 Å². The zero-order chi connectivity index (χ0) is 18.0. The molecule has 1 aromatic carbocycles. The summed E-state index contributed by atoms with van der Waals surface area (Å²) in [6.07, 6.45) is 4.09. The van der Waals surface area contributed by atoms with E-state index in [1.807, 2.05) is 48.5 Å². The number of fused-ring (bicyclic) bond motifs is 1. The third-order valence-electron chi connectivity index (χ3n) is 5.23. The van der Waals surface area contributed by atoms with Crippen LogP contribution in [0.2, 0.25) is 0 Å². The second-order valence-electron chi connectivity index (χ2n) is 7.04. The van der Waals surface area contributed by atoms with E-state index in [0.717, 1.165) is 37.2 Å². The molecule has 1 unspecified atom stereocenters. The molecule has 0 spiro atoms. The molecule has 5 nitrogen and oxygen atoms in total. The highest BCUT2D eigenvalue weighted by atomic mass is 16.3. The van der Waals surface area contributed by atoms with E-state index in [1.165, 1.54) is 0 Å². The van der Waals surface area contributed by atoms with Crippen LogP contribution in [-0.2, 0) is 12.1 Å². The molecule has 0 amide bonds. The number of rotatable bonds is 3. The van der Waals surface area contributed by atoms with Crippen molar-refractivity contribution in [3.63, 3.8) is 0 Å². The largest absolute Gasteiger partial charge is 0.385 e. The summed E-state index contributed by atoms with van der Waals surface area (Å²) >= 11 is 0. The lowest BCUT2D eigenvalue weighted by Crippen LogP contribution is -2.29. The molecule has 0 radical (unpaired) electrons. The average molecular weight is 349 g/mol. The summed E-state index contributed by atoms with van der Waals surface area (Å²) in [4.78, 5) is 19.2. The molecule has 3 heterocycles. The number of pyridine rings is 1. The first-order chi connectivity index (χ1) is 12.6. The average Bonchev–Trinajstić information content (AvgIpc) is 2.85. The molecular weight excluding hydrogens is 326 g/mol. The van der Waals surface area contributed by atoms with Gasteiger partial charge in [0.15, 0.2) is 0 Å². The van der Waals surface area contributed by atoms with Crippen LogP contribution in [0.15, 0.2) is 65.6 Å². The molecule has 1 aliphatic heterocycles. The molecule has 0 aliphatic carbocycles. The summed E-state index contributed by atoms with van der Waals surface area (Å²) in [5.74, 6) is 0. The van der Waals surface area contributed by atoms with E-state index in [-0.39, 0.29) is 5.56 Å². The van der Waals surface area contributed by atoms with Gasteiger partial charge in [0, 0.05) is 25.4 Å². The summed E-state index contributed by atoms with van der Waals surface area (Å²) in [7, 11) is 0. The lowest BCUT2D eigenvalue weighted by Gasteiger charge is -2.27. The van der Waals surface area contributed by atoms with Crippen LogP contribution in [0, 0.1) is 0 Å². The van der Waals surface area contributed by atoms with Crippen molar-refractivity contribution in [3.8, 4) is 0 Å². The summed E-state index contributed by atoms with van der Waals surface area (Å²) in [5, 5.41) is 11.1. The Balaban J connectivity index is 1.51. The summed E-state index contributed by atoms with van der Waals surface area (Å²) in [5.41, 5.74) is 1.62. The van der Waals surface area contributed by atoms with Gasteiger partial charge in [0.05, 0.1) is 11.3 Å². The Bertz CT molecular complexity index is 954. The zero-order valence-corrected chi connectivity index (χ0v) is 14.7. The van der Waals surface area contributed by atoms with Crippen molar-refractivity contribution in [2.45, 2.75) is 31.4 Å². The van der Waals surface area contributed by atoms with Crippen molar-refractivity contribution < 1.29 is 5.11 Å². The molecule has 3 aromatic rings. The molecule has 134 valence electrons. The molecule has 26 heavy (non-hydrogen) atoms. The van der Waals surface area contributed by atoms with E-state index < -0.39 is 5.60 Å².